The van der Waals surface area contributed by atoms with E-state index in [1.807, 2.05) is 19.9 Å². The van der Waals surface area contributed by atoms with Crippen molar-refractivity contribution in [1.82, 2.24) is 25.5 Å². The van der Waals surface area contributed by atoms with Gasteiger partial charge in [-0.2, -0.15) is 0 Å². The van der Waals surface area contributed by atoms with Crippen LogP contribution < -0.4 is 5.32 Å². The number of nitrogens with zero attached hydrogens (tertiary/aromatic N) is 4. The fourth-order valence-electron chi connectivity index (χ4n) is 2.03. The first-order chi connectivity index (χ1) is 10.1. The van der Waals surface area contributed by atoms with E-state index in [1.165, 1.54) is 11.0 Å². The van der Waals surface area contributed by atoms with Gasteiger partial charge in [0.05, 0.1) is 5.69 Å². The molecule has 1 heterocycles. The minimum Gasteiger partial charge on any atom is -0.396 e. The Morgan fingerprint density at radius 3 is 2.86 bits per heavy atom. The molecule has 1 unspecified atom stereocenters. The Morgan fingerprint density at radius 1 is 1.43 bits per heavy atom. The number of carbonyl (C=O) groups excluding carboxylic acids is 1. The van der Waals surface area contributed by atoms with E-state index in [4.69, 9.17) is 5.11 Å². The number of tetrazole rings is 1. The first-order valence-electron chi connectivity index (χ1n) is 6.87. The maximum atomic E-state index is 12.3. The molecule has 0 radical (unpaired) electrons. The number of nitrogens with one attached hydrogen (secondary N) is 1. The van der Waals surface area contributed by atoms with Crippen molar-refractivity contribution in [2.45, 2.75) is 26.3 Å². The molecule has 0 spiro atoms. The second-order valence-corrected chi connectivity index (χ2v) is 5.14. The van der Waals surface area contributed by atoms with E-state index in [0.717, 1.165) is 5.69 Å². The largest absolute Gasteiger partial charge is 0.396 e. The number of carbonyl (C=O) groups is 1. The Hall–Kier alpha value is -2.28. The van der Waals surface area contributed by atoms with Gasteiger partial charge in [-0.1, -0.05) is 19.9 Å². The lowest BCUT2D eigenvalue weighted by atomic mass is 10.0. The molecule has 7 nitrogen and oxygen atoms in total. The van der Waals surface area contributed by atoms with Gasteiger partial charge in [0.15, 0.2) is 0 Å². The van der Waals surface area contributed by atoms with Crippen LogP contribution in [0, 0.1) is 5.92 Å². The van der Waals surface area contributed by atoms with E-state index >= 15 is 0 Å². The minimum atomic E-state index is -0.169. The topological polar surface area (TPSA) is 92.9 Å². The summed E-state index contributed by atoms with van der Waals surface area (Å²) in [5.41, 5.74) is 1.25. The van der Waals surface area contributed by atoms with Crippen LogP contribution in [0.4, 0.5) is 0 Å². The third-order valence-corrected chi connectivity index (χ3v) is 3.28. The molecule has 0 aliphatic carbocycles. The lowest BCUT2D eigenvalue weighted by Gasteiger charge is -2.21. The van der Waals surface area contributed by atoms with E-state index in [0.29, 0.717) is 12.0 Å². The summed E-state index contributed by atoms with van der Waals surface area (Å²) in [6.07, 6.45) is 2.01. The van der Waals surface area contributed by atoms with E-state index in [2.05, 4.69) is 20.8 Å². The van der Waals surface area contributed by atoms with Crippen LogP contribution >= 0.6 is 0 Å². The number of amides is 1. The fourth-order valence-corrected chi connectivity index (χ4v) is 2.03. The molecule has 0 aliphatic heterocycles. The summed E-state index contributed by atoms with van der Waals surface area (Å²) in [4.78, 5) is 12.3. The summed E-state index contributed by atoms with van der Waals surface area (Å²) >= 11 is 0. The van der Waals surface area contributed by atoms with Crippen LogP contribution in [0.5, 0.6) is 0 Å². The minimum absolute atomic E-state index is 0.0494. The molecule has 1 amide bonds. The van der Waals surface area contributed by atoms with Crippen molar-refractivity contribution in [2.24, 2.45) is 5.92 Å². The van der Waals surface area contributed by atoms with Crippen LogP contribution in [-0.2, 0) is 0 Å². The Bertz CT molecular complexity index is 583. The number of hydrogen-bond donors (Lipinski definition) is 2. The van der Waals surface area contributed by atoms with Crippen LogP contribution in [0.25, 0.3) is 5.69 Å². The van der Waals surface area contributed by atoms with E-state index in [-0.39, 0.29) is 24.5 Å². The quantitative estimate of drug-likeness (QED) is 0.820. The molecule has 21 heavy (non-hydrogen) atoms. The van der Waals surface area contributed by atoms with Crippen molar-refractivity contribution in [3.8, 4) is 5.69 Å². The molecule has 7 heteroatoms. The Morgan fingerprint density at radius 2 is 2.24 bits per heavy atom. The molecule has 1 atom stereocenters. The number of aliphatic hydroxyl groups is 1. The molecule has 1 aromatic carbocycles. The van der Waals surface area contributed by atoms with Gasteiger partial charge in [-0.25, -0.2) is 4.68 Å². The van der Waals surface area contributed by atoms with Crippen molar-refractivity contribution in [2.75, 3.05) is 6.61 Å². The summed E-state index contributed by atoms with van der Waals surface area (Å²) in [7, 11) is 0. The second kappa shape index (κ2) is 6.94. The highest BCUT2D eigenvalue weighted by atomic mass is 16.3. The van der Waals surface area contributed by atoms with Crippen LogP contribution in [-0.4, -0.2) is 43.9 Å². The molecule has 0 aliphatic rings. The van der Waals surface area contributed by atoms with Crippen molar-refractivity contribution >= 4 is 5.91 Å². The highest BCUT2D eigenvalue weighted by Crippen LogP contribution is 2.11. The van der Waals surface area contributed by atoms with E-state index in [1.54, 1.807) is 18.2 Å². The molecule has 0 fully saturated rings. The van der Waals surface area contributed by atoms with Gasteiger partial charge < -0.3 is 10.4 Å². The lowest BCUT2D eigenvalue weighted by Crippen LogP contribution is -2.39. The number of benzene rings is 1. The van der Waals surface area contributed by atoms with Crippen molar-refractivity contribution < 1.29 is 9.90 Å². The summed E-state index contributed by atoms with van der Waals surface area (Å²) in [6, 6.07) is 7.00. The van der Waals surface area contributed by atoms with Gasteiger partial charge in [-0.15, -0.1) is 5.10 Å². The normalized spacial score (nSPS) is 12.4. The fraction of sp³-hybridized carbons (Fsp3) is 0.429. The van der Waals surface area contributed by atoms with Gasteiger partial charge in [-0.05, 0) is 41.0 Å². The lowest BCUT2D eigenvalue weighted by molar-refractivity contribution is 0.0916. The summed E-state index contributed by atoms with van der Waals surface area (Å²) in [5, 5.41) is 23.0. The maximum absolute atomic E-state index is 12.3. The van der Waals surface area contributed by atoms with Gasteiger partial charge in [-0.3, -0.25) is 4.79 Å². The molecular formula is C14H19N5O2. The Kier molecular flexibility index (Phi) is 4.99. The van der Waals surface area contributed by atoms with Crippen molar-refractivity contribution in [3.05, 3.63) is 36.2 Å². The predicted molar refractivity (Wildman–Crippen MR) is 76.9 cm³/mol. The number of aliphatic hydroxyl groups excluding tert-OH is 1. The third-order valence-electron chi connectivity index (χ3n) is 3.28. The smallest absolute Gasteiger partial charge is 0.251 e. The number of rotatable bonds is 6. The zero-order valence-corrected chi connectivity index (χ0v) is 12.1. The molecular weight excluding hydrogens is 270 g/mol. The molecule has 2 rings (SSSR count). The molecule has 1 aromatic heterocycles. The monoisotopic (exact) mass is 289 g/mol. The molecule has 0 saturated heterocycles. The Labute approximate surface area is 123 Å². The van der Waals surface area contributed by atoms with Crippen LogP contribution in [0.3, 0.4) is 0 Å². The Balaban J connectivity index is 2.14. The second-order valence-electron chi connectivity index (χ2n) is 5.14. The van der Waals surface area contributed by atoms with E-state index < -0.39 is 0 Å². The zero-order valence-electron chi connectivity index (χ0n) is 12.1. The average Bonchev–Trinajstić information content (AvgIpc) is 3.01. The molecule has 2 aromatic rings. The van der Waals surface area contributed by atoms with Gasteiger partial charge >= 0.3 is 0 Å². The summed E-state index contributed by atoms with van der Waals surface area (Å²) < 4.78 is 1.49. The standard InChI is InChI=1S/C14H19N5O2/c1-10(2)13(6-7-20)16-14(21)11-4-3-5-12(8-11)19-9-15-17-18-19/h3-5,8-10,13,20H,6-7H2,1-2H3,(H,16,21). The summed E-state index contributed by atoms with van der Waals surface area (Å²) in [6.45, 7) is 4.07. The van der Waals surface area contributed by atoms with Gasteiger partial charge in [0.1, 0.15) is 6.33 Å². The number of hydrogen-bond acceptors (Lipinski definition) is 5. The molecule has 2 N–H and O–H groups in total. The van der Waals surface area contributed by atoms with Crippen molar-refractivity contribution in [1.29, 1.82) is 0 Å². The predicted octanol–water partition coefficient (Wildman–Crippen LogP) is 0.799. The van der Waals surface area contributed by atoms with Gasteiger partial charge in [0.2, 0.25) is 0 Å². The maximum Gasteiger partial charge on any atom is 0.251 e. The highest BCUT2D eigenvalue weighted by molar-refractivity contribution is 5.94. The van der Waals surface area contributed by atoms with E-state index in [9.17, 15) is 4.79 Å². The molecule has 0 saturated carbocycles. The SMILES string of the molecule is CC(C)C(CCO)NC(=O)c1cccc(-n2cnnn2)c1. The summed E-state index contributed by atoms with van der Waals surface area (Å²) in [5.74, 6) is 0.0841. The zero-order chi connectivity index (χ0) is 15.2. The van der Waals surface area contributed by atoms with Gasteiger partial charge in [0.25, 0.3) is 5.91 Å². The van der Waals surface area contributed by atoms with Crippen LogP contribution in [0.15, 0.2) is 30.6 Å². The average molecular weight is 289 g/mol. The van der Waals surface area contributed by atoms with Crippen LogP contribution in [0.2, 0.25) is 0 Å². The van der Waals surface area contributed by atoms with Crippen molar-refractivity contribution in [3.63, 3.8) is 0 Å². The molecule has 0 bridgehead atoms. The third kappa shape index (κ3) is 3.85. The van der Waals surface area contributed by atoms with Crippen LogP contribution in [0.1, 0.15) is 30.6 Å². The first kappa shape index (κ1) is 15.1. The molecule has 112 valence electrons. The van der Waals surface area contributed by atoms with Gasteiger partial charge in [0, 0.05) is 18.2 Å². The first-order valence-corrected chi connectivity index (χ1v) is 6.87. The highest BCUT2D eigenvalue weighted by Gasteiger charge is 2.17. The number of aromatic nitrogens is 4.